The zero-order valence-electron chi connectivity index (χ0n) is 7.56. The summed E-state index contributed by atoms with van der Waals surface area (Å²) < 4.78 is 5.08. The lowest BCUT2D eigenvalue weighted by Gasteiger charge is -1.92. The Hall–Kier alpha value is -2.30. The number of fused-ring (bicyclic) bond motifs is 1. The molecule has 0 atom stereocenters. The molecule has 0 aliphatic heterocycles. The van der Waals surface area contributed by atoms with Crippen molar-refractivity contribution in [1.82, 2.24) is 0 Å². The van der Waals surface area contributed by atoms with Gasteiger partial charge in [-0.2, -0.15) is 0 Å². The predicted octanol–water partition coefficient (Wildman–Crippen LogP) is 1.23. The summed E-state index contributed by atoms with van der Waals surface area (Å²) in [5.74, 6) is -1.70. The Bertz CT molecular complexity index is 544. The van der Waals surface area contributed by atoms with Gasteiger partial charge in [-0.15, -0.1) is 0 Å². The number of amides is 1. The van der Waals surface area contributed by atoms with E-state index in [1.807, 2.05) is 0 Å². The van der Waals surface area contributed by atoms with Crippen LogP contribution in [0.4, 0.5) is 0 Å². The summed E-state index contributed by atoms with van der Waals surface area (Å²) in [4.78, 5) is 21.5. The molecule has 2 aromatic rings. The number of hydrogen-bond donors (Lipinski definition) is 2. The molecule has 0 bridgehead atoms. The normalized spacial score (nSPS) is 10.4. The van der Waals surface area contributed by atoms with Gasteiger partial charge < -0.3 is 15.3 Å². The van der Waals surface area contributed by atoms with Crippen LogP contribution in [0.3, 0.4) is 0 Å². The van der Waals surface area contributed by atoms with E-state index in [-0.39, 0.29) is 11.3 Å². The topological polar surface area (TPSA) is 93.5 Å². The van der Waals surface area contributed by atoms with Crippen LogP contribution in [0.2, 0.25) is 0 Å². The van der Waals surface area contributed by atoms with Crippen LogP contribution in [0.5, 0.6) is 0 Å². The zero-order valence-corrected chi connectivity index (χ0v) is 7.56. The van der Waals surface area contributed by atoms with Crippen molar-refractivity contribution in [1.29, 1.82) is 0 Å². The van der Waals surface area contributed by atoms with Crippen molar-refractivity contribution < 1.29 is 19.1 Å². The van der Waals surface area contributed by atoms with E-state index in [4.69, 9.17) is 15.3 Å². The molecule has 3 N–H and O–H groups in total. The lowest BCUT2D eigenvalue weighted by Crippen LogP contribution is -2.08. The van der Waals surface area contributed by atoms with Gasteiger partial charge in [0.05, 0.1) is 5.56 Å². The second-order valence-corrected chi connectivity index (χ2v) is 3.03. The second-order valence-electron chi connectivity index (χ2n) is 3.03. The van der Waals surface area contributed by atoms with E-state index in [1.54, 1.807) is 6.07 Å². The summed E-state index contributed by atoms with van der Waals surface area (Å²) in [7, 11) is 0. The fourth-order valence-corrected chi connectivity index (χ4v) is 1.29. The molecule has 0 aliphatic carbocycles. The molecular formula is C10H7NO4. The Kier molecular flexibility index (Phi) is 1.93. The third kappa shape index (κ3) is 1.54. The predicted molar refractivity (Wildman–Crippen MR) is 51.7 cm³/mol. The number of carboxylic acids is 1. The summed E-state index contributed by atoms with van der Waals surface area (Å²) in [6.45, 7) is 0. The third-order valence-corrected chi connectivity index (χ3v) is 2.01. The molecule has 76 valence electrons. The highest BCUT2D eigenvalue weighted by Gasteiger charge is 2.10. The number of benzene rings is 1. The van der Waals surface area contributed by atoms with Crippen molar-refractivity contribution in [3.8, 4) is 0 Å². The number of nitrogens with two attached hydrogens (primary N) is 1. The minimum Gasteiger partial charge on any atom is -0.478 e. The summed E-state index contributed by atoms with van der Waals surface area (Å²) >= 11 is 0. The summed E-state index contributed by atoms with van der Waals surface area (Å²) in [5.41, 5.74) is 5.47. The van der Waals surface area contributed by atoms with Crippen LogP contribution in [-0.2, 0) is 0 Å². The molecule has 0 saturated heterocycles. The molecule has 0 spiro atoms. The van der Waals surface area contributed by atoms with Gasteiger partial charge in [0.15, 0.2) is 5.76 Å². The molecule has 15 heavy (non-hydrogen) atoms. The van der Waals surface area contributed by atoms with Gasteiger partial charge in [0.25, 0.3) is 5.91 Å². The van der Waals surface area contributed by atoms with Gasteiger partial charge in [0, 0.05) is 5.39 Å². The van der Waals surface area contributed by atoms with E-state index in [0.29, 0.717) is 11.0 Å². The molecule has 2 rings (SSSR count). The SMILES string of the molecule is NC(=O)c1cc2ccc(C(=O)O)cc2o1. The highest BCUT2D eigenvalue weighted by Crippen LogP contribution is 2.20. The number of carboxylic acid groups (broad SMARTS) is 1. The Balaban J connectivity index is 2.62. The number of carbonyl (C=O) groups is 2. The number of furan rings is 1. The molecule has 0 saturated carbocycles. The minimum atomic E-state index is -1.05. The maximum Gasteiger partial charge on any atom is 0.335 e. The third-order valence-electron chi connectivity index (χ3n) is 2.01. The molecule has 0 aliphatic rings. The number of hydrogen-bond acceptors (Lipinski definition) is 3. The van der Waals surface area contributed by atoms with E-state index in [9.17, 15) is 9.59 Å². The molecule has 5 heteroatoms. The zero-order chi connectivity index (χ0) is 11.0. The lowest BCUT2D eigenvalue weighted by molar-refractivity contribution is 0.0696. The van der Waals surface area contributed by atoms with Crippen molar-refractivity contribution in [2.75, 3.05) is 0 Å². The number of aromatic carboxylic acids is 1. The molecule has 0 unspecified atom stereocenters. The molecule has 1 amide bonds. The first-order chi connectivity index (χ1) is 7.08. The second kappa shape index (κ2) is 3.13. The first-order valence-electron chi connectivity index (χ1n) is 4.14. The highest BCUT2D eigenvalue weighted by atomic mass is 16.4. The quantitative estimate of drug-likeness (QED) is 0.770. The van der Waals surface area contributed by atoms with Crippen molar-refractivity contribution in [3.63, 3.8) is 0 Å². The number of primary amides is 1. The molecular weight excluding hydrogens is 198 g/mol. The monoisotopic (exact) mass is 205 g/mol. The maximum atomic E-state index is 10.8. The van der Waals surface area contributed by atoms with E-state index in [1.165, 1.54) is 18.2 Å². The van der Waals surface area contributed by atoms with Crippen molar-refractivity contribution in [2.45, 2.75) is 0 Å². The van der Waals surface area contributed by atoms with Gasteiger partial charge in [0.2, 0.25) is 0 Å². The molecule has 5 nitrogen and oxygen atoms in total. The van der Waals surface area contributed by atoms with E-state index in [0.717, 1.165) is 0 Å². The van der Waals surface area contributed by atoms with Crippen LogP contribution in [-0.4, -0.2) is 17.0 Å². The van der Waals surface area contributed by atoms with E-state index in [2.05, 4.69) is 0 Å². The first-order valence-corrected chi connectivity index (χ1v) is 4.14. The smallest absolute Gasteiger partial charge is 0.335 e. The fraction of sp³-hybridized carbons (Fsp3) is 0. The van der Waals surface area contributed by atoms with Crippen LogP contribution in [0, 0.1) is 0 Å². The van der Waals surface area contributed by atoms with Gasteiger partial charge in [-0.1, -0.05) is 6.07 Å². The van der Waals surface area contributed by atoms with Crippen LogP contribution in [0.25, 0.3) is 11.0 Å². The molecule has 0 fully saturated rings. The minimum absolute atomic E-state index is 0.0209. The van der Waals surface area contributed by atoms with Crippen molar-refractivity contribution in [3.05, 3.63) is 35.6 Å². The van der Waals surface area contributed by atoms with Crippen molar-refractivity contribution >= 4 is 22.8 Å². The first kappa shape index (κ1) is 9.26. The molecule has 0 radical (unpaired) electrons. The van der Waals surface area contributed by atoms with Crippen LogP contribution >= 0.6 is 0 Å². The van der Waals surface area contributed by atoms with Gasteiger partial charge in [-0.3, -0.25) is 4.79 Å². The van der Waals surface area contributed by atoms with Crippen LogP contribution in [0.15, 0.2) is 28.7 Å². The molecule has 1 aromatic heterocycles. The van der Waals surface area contributed by atoms with Crippen LogP contribution in [0.1, 0.15) is 20.9 Å². The average Bonchev–Trinajstić information content (AvgIpc) is 2.59. The van der Waals surface area contributed by atoms with Crippen molar-refractivity contribution in [2.24, 2.45) is 5.73 Å². The van der Waals surface area contributed by atoms with Gasteiger partial charge in [-0.25, -0.2) is 4.79 Å². The Labute approximate surface area is 84.1 Å². The largest absolute Gasteiger partial charge is 0.478 e. The summed E-state index contributed by atoms with van der Waals surface area (Å²) in [5, 5.41) is 9.37. The fourth-order valence-electron chi connectivity index (χ4n) is 1.29. The average molecular weight is 205 g/mol. The van der Waals surface area contributed by atoms with Gasteiger partial charge in [0.1, 0.15) is 5.58 Å². The van der Waals surface area contributed by atoms with E-state index >= 15 is 0 Å². The standard InChI is InChI=1S/C10H7NO4/c11-9(12)8-3-5-1-2-6(10(13)14)4-7(5)15-8/h1-4H,(H2,11,12)(H,13,14). The Morgan fingerprint density at radius 1 is 1.27 bits per heavy atom. The lowest BCUT2D eigenvalue weighted by atomic mass is 10.2. The molecule has 1 heterocycles. The number of rotatable bonds is 2. The molecule has 1 aromatic carbocycles. The van der Waals surface area contributed by atoms with Gasteiger partial charge >= 0.3 is 5.97 Å². The number of carbonyl (C=O) groups excluding carboxylic acids is 1. The summed E-state index contributed by atoms with van der Waals surface area (Å²) in [6, 6.07) is 5.83. The van der Waals surface area contributed by atoms with Crippen LogP contribution < -0.4 is 5.73 Å². The van der Waals surface area contributed by atoms with Gasteiger partial charge in [-0.05, 0) is 18.2 Å². The van der Waals surface area contributed by atoms with E-state index < -0.39 is 11.9 Å². The summed E-state index contributed by atoms with van der Waals surface area (Å²) in [6.07, 6.45) is 0. The maximum absolute atomic E-state index is 10.8. The Morgan fingerprint density at radius 2 is 2.00 bits per heavy atom. The Morgan fingerprint density at radius 3 is 2.60 bits per heavy atom. The highest BCUT2D eigenvalue weighted by molar-refractivity contribution is 5.97.